The van der Waals surface area contributed by atoms with Crippen molar-refractivity contribution < 1.29 is 27.5 Å². The normalized spacial score (nSPS) is 14.2. The standard InChI is InChI=1S/C35H38F3N5O3/c1-22-9-6-11-24(17-22)31(42(5)27-15-16-27)25-12-8-13-26(19-25)40-32(44)29-20-30(35(36,37)38)41-43(29)28-14-7-10-23(18-28)21-39-33(45)46-34(2,3)4/h6-14,17-20,27,31H,15-16,21H2,1-5H3,(H,39,45)(H,40,44). The Balaban J connectivity index is 1.42. The van der Waals surface area contributed by atoms with Crippen LogP contribution >= 0.6 is 0 Å². The molecule has 1 heterocycles. The fourth-order valence-electron chi connectivity index (χ4n) is 5.34. The van der Waals surface area contributed by atoms with Gasteiger partial charge in [-0.15, -0.1) is 0 Å². The third kappa shape index (κ3) is 8.14. The smallest absolute Gasteiger partial charge is 0.435 e. The molecule has 1 aliphatic rings. The molecule has 1 aliphatic carbocycles. The minimum Gasteiger partial charge on any atom is -0.444 e. The molecule has 0 aliphatic heterocycles. The van der Waals surface area contributed by atoms with E-state index in [0.29, 0.717) is 17.3 Å². The van der Waals surface area contributed by atoms with E-state index in [9.17, 15) is 22.8 Å². The minimum atomic E-state index is -4.77. The van der Waals surface area contributed by atoms with Crippen molar-refractivity contribution in [2.45, 2.75) is 70.9 Å². The van der Waals surface area contributed by atoms with Gasteiger partial charge >= 0.3 is 12.3 Å². The number of nitrogens with one attached hydrogen (secondary N) is 2. The van der Waals surface area contributed by atoms with Gasteiger partial charge in [-0.1, -0.05) is 54.1 Å². The monoisotopic (exact) mass is 633 g/mol. The van der Waals surface area contributed by atoms with Crippen molar-refractivity contribution in [1.29, 1.82) is 0 Å². The molecule has 0 bridgehead atoms. The van der Waals surface area contributed by atoms with Crippen molar-refractivity contribution in [1.82, 2.24) is 20.0 Å². The number of ether oxygens (including phenoxy) is 1. The zero-order chi connectivity index (χ0) is 33.2. The average molecular weight is 634 g/mol. The second kappa shape index (κ2) is 13.0. The van der Waals surface area contributed by atoms with Crippen LogP contribution in [0.25, 0.3) is 5.69 Å². The maximum atomic E-state index is 13.8. The summed E-state index contributed by atoms with van der Waals surface area (Å²) in [7, 11) is 2.09. The number of carbonyl (C=O) groups excluding carboxylic acids is 2. The second-order valence-electron chi connectivity index (χ2n) is 12.6. The molecule has 0 saturated heterocycles. The highest BCUT2D eigenvalue weighted by Gasteiger charge is 2.36. The lowest BCUT2D eigenvalue weighted by Gasteiger charge is -2.29. The number of halogens is 3. The molecule has 1 atom stereocenters. The van der Waals surface area contributed by atoms with Gasteiger partial charge in [0, 0.05) is 24.3 Å². The minimum absolute atomic E-state index is 0.0574. The lowest BCUT2D eigenvalue weighted by atomic mass is 9.95. The Morgan fingerprint density at radius 2 is 1.65 bits per heavy atom. The third-order valence-corrected chi connectivity index (χ3v) is 7.57. The van der Waals surface area contributed by atoms with Crippen LogP contribution < -0.4 is 10.6 Å². The SMILES string of the molecule is Cc1cccc(C(c2cccc(NC(=O)c3cc(C(F)(F)F)nn3-c3cccc(CNC(=O)OC(C)(C)C)c3)c2)N(C)C2CC2)c1. The summed E-state index contributed by atoms with van der Waals surface area (Å²) in [4.78, 5) is 28.1. The number of rotatable bonds is 9. The van der Waals surface area contributed by atoms with E-state index in [4.69, 9.17) is 4.74 Å². The number of alkyl carbamates (subject to hydrolysis) is 1. The van der Waals surface area contributed by atoms with Crippen molar-refractivity contribution >= 4 is 17.7 Å². The van der Waals surface area contributed by atoms with Crippen LogP contribution in [0.3, 0.4) is 0 Å². The summed E-state index contributed by atoms with van der Waals surface area (Å²) >= 11 is 0. The van der Waals surface area contributed by atoms with E-state index in [1.807, 2.05) is 37.3 Å². The number of alkyl halides is 3. The number of hydrogen-bond donors (Lipinski definition) is 2. The highest BCUT2D eigenvalue weighted by atomic mass is 19.4. The van der Waals surface area contributed by atoms with Crippen molar-refractivity contribution in [2.24, 2.45) is 0 Å². The van der Waals surface area contributed by atoms with Crippen molar-refractivity contribution in [3.05, 3.63) is 113 Å². The van der Waals surface area contributed by atoms with Crippen molar-refractivity contribution in [3.8, 4) is 5.69 Å². The first-order chi connectivity index (χ1) is 21.7. The molecule has 4 aromatic rings. The molecule has 1 saturated carbocycles. The Morgan fingerprint density at radius 3 is 2.30 bits per heavy atom. The lowest BCUT2D eigenvalue weighted by molar-refractivity contribution is -0.141. The molecule has 1 unspecified atom stereocenters. The first-order valence-corrected chi connectivity index (χ1v) is 15.1. The highest BCUT2D eigenvalue weighted by Crippen LogP contribution is 2.38. The maximum Gasteiger partial charge on any atom is 0.435 e. The van der Waals surface area contributed by atoms with Crippen LogP contribution in [-0.2, 0) is 17.5 Å². The number of hydrogen-bond acceptors (Lipinski definition) is 5. The van der Waals surface area contributed by atoms with Crippen LogP contribution in [-0.4, -0.2) is 45.4 Å². The molecule has 11 heteroatoms. The summed E-state index contributed by atoms with van der Waals surface area (Å²) in [6.45, 7) is 7.31. The summed E-state index contributed by atoms with van der Waals surface area (Å²) < 4.78 is 47.7. The van der Waals surface area contributed by atoms with Crippen LogP contribution in [0.4, 0.5) is 23.7 Å². The van der Waals surface area contributed by atoms with Gasteiger partial charge in [-0.05, 0) is 88.5 Å². The van der Waals surface area contributed by atoms with E-state index in [0.717, 1.165) is 40.3 Å². The number of nitrogens with zero attached hydrogens (tertiary/aromatic N) is 3. The van der Waals surface area contributed by atoms with E-state index in [2.05, 4.69) is 39.8 Å². The van der Waals surface area contributed by atoms with Crippen molar-refractivity contribution in [2.75, 3.05) is 12.4 Å². The number of carbonyl (C=O) groups is 2. The van der Waals surface area contributed by atoms with E-state index < -0.39 is 29.5 Å². The van der Waals surface area contributed by atoms with Crippen molar-refractivity contribution in [3.63, 3.8) is 0 Å². The fraction of sp³-hybridized carbons (Fsp3) is 0.343. The quantitative estimate of drug-likeness (QED) is 0.198. The number of aryl methyl sites for hydroxylation is 1. The van der Waals surface area contributed by atoms with E-state index in [1.54, 1.807) is 51.1 Å². The predicted molar refractivity (Wildman–Crippen MR) is 170 cm³/mol. The zero-order valence-electron chi connectivity index (χ0n) is 26.5. The number of aromatic nitrogens is 2. The van der Waals surface area contributed by atoms with Gasteiger partial charge in [0.1, 0.15) is 11.3 Å². The summed E-state index contributed by atoms with van der Waals surface area (Å²) in [5, 5.41) is 9.17. The Labute approximate surface area is 266 Å². The van der Waals surface area contributed by atoms with Crippen LogP contribution in [0.5, 0.6) is 0 Å². The van der Waals surface area contributed by atoms with Gasteiger partial charge in [0.2, 0.25) is 0 Å². The molecule has 242 valence electrons. The summed E-state index contributed by atoms with van der Waals surface area (Å²) in [6, 6.07) is 23.2. The van der Waals surface area contributed by atoms with E-state index >= 15 is 0 Å². The van der Waals surface area contributed by atoms with Crippen LogP contribution in [0.1, 0.15) is 78.1 Å². The zero-order valence-corrected chi connectivity index (χ0v) is 26.5. The lowest BCUT2D eigenvalue weighted by Crippen LogP contribution is -2.32. The molecule has 3 aromatic carbocycles. The van der Waals surface area contributed by atoms with E-state index in [1.165, 1.54) is 0 Å². The molecule has 46 heavy (non-hydrogen) atoms. The summed E-state index contributed by atoms with van der Waals surface area (Å²) in [5.41, 5.74) is 2.27. The molecule has 1 aromatic heterocycles. The molecular weight excluding hydrogens is 595 g/mol. The molecule has 2 N–H and O–H groups in total. The molecule has 8 nitrogen and oxygen atoms in total. The molecule has 0 spiro atoms. The van der Waals surface area contributed by atoms with Gasteiger partial charge in [0.25, 0.3) is 5.91 Å². The topological polar surface area (TPSA) is 88.5 Å². The molecule has 5 rings (SSSR count). The number of anilines is 1. The first kappa shape index (κ1) is 32.7. The van der Waals surface area contributed by atoms with Gasteiger partial charge < -0.3 is 15.4 Å². The molecule has 0 radical (unpaired) electrons. The van der Waals surface area contributed by atoms with Gasteiger partial charge in [0.15, 0.2) is 5.69 Å². The summed E-state index contributed by atoms with van der Waals surface area (Å²) in [6.07, 6.45) is -3.19. The number of amides is 2. The Hall–Kier alpha value is -4.64. The Bertz CT molecular complexity index is 1720. The van der Waals surface area contributed by atoms with Crippen LogP contribution in [0, 0.1) is 6.92 Å². The third-order valence-electron chi connectivity index (χ3n) is 7.57. The Kier molecular flexibility index (Phi) is 9.25. The maximum absolute atomic E-state index is 13.8. The van der Waals surface area contributed by atoms with Crippen LogP contribution in [0.2, 0.25) is 0 Å². The predicted octanol–water partition coefficient (Wildman–Crippen LogP) is 7.66. The largest absolute Gasteiger partial charge is 0.444 e. The van der Waals surface area contributed by atoms with E-state index in [-0.39, 0.29) is 24.0 Å². The average Bonchev–Trinajstić information content (AvgIpc) is 3.72. The molecule has 1 fully saturated rings. The van der Waals surface area contributed by atoms with Gasteiger partial charge in [-0.25, -0.2) is 9.48 Å². The second-order valence-corrected chi connectivity index (χ2v) is 12.6. The molecular formula is C35H38F3N5O3. The van der Waals surface area contributed by atoms with Gasteiger partial charge in [-0.2, -0.15) is 18.3 Å². The van der Waals surface area contributed by atoms with Gasteiger partial charge in [0.05, 0.1) is 11.7 Å². The van der Waals surface area contributed by atoms with Crippen LogP contribution in [0.15, 0.2) is 78.9 Å². The fourth-order valence-corrected chi connectivity index (χ4v) is 5.34. The highest BCUT2D eigenvalue weighted by molar-refractivity contribution is 6.03. The molecule has 2 amide bonds. The summed E-state index contributed by atoms with van der Waals surface area (Å²) in [5.74, 6) is -0.750. The van der Waals surface area contributed by atoms with Gasteiger partial charge in [-0.3, -0.25) is 9.69 Å². The Morgan fingerprint density at radius 1 is 0.978 bits per heavy atom. The first-order valence-electron chi connectivity index (χ1n) is 15.1. The number of benzene rings is 3.